The molecule has 0 aliphatic carbocycles. The number of oxime groups is 1. The van der Waals surface area contributed by atoms with Gasteiger partial charge in [-0.1, -0.05) is 5.16 Å². The summed E-state index contributed by atoms with van der Waals surface area (Å²) < 4.78 is 4.98. The number of rotatable bonds is 11. The van der Waals surface area contributed by atoms with Crippen LogP contribution in [0.15, 0.2) is 21.8 Å². The number of anilines is 1. The smallest absolute Gasteiger partial charge is 0.352 e. The van der Waals surface area contributed by atoms with E-state index in [1.807, 2.05) is 0 Å². The summed E-state index contributed by atoms with van der Waals surface area (Å²) in [7, 11) is 1.21. The number of alkyl halides is 1. The SMILES string of the molecule is CO/N=C(\C(=O)NC1C(=O)N2C(C(=O)O)=C(COC(=O)CC(C)=O)CS[C@H]12)c1csc(NC(=O)CCl)n1. The van der Waals surface area contributed by atoms with Crippen LogP contribution in [0.2, 0.25) is 0 Å². The molecule has 1 saturated heterocycles. The molecule has 1 aromatic heterocycles. The van der Waals surface area contributed by atoms with Gasteiger partial charge >= 0.3 is 11.9 Å². The molecule has 3 amide bonds. The zero-order chi connectivity index (χ0) is 27.3. The van der Waals surface area contributed by atoms with Crippen LogP contribution in [-0.2, 0) is 38.3 Å². The number of carbonyl (C=O) groups is 6. The van der Waals surface area contributed by atoms with Crippen molar-refractivity contribution in [3.63, 3.8) is 0 Å². The molecule has 17 heteroatoms. The van der Waals surface area contributed by atoms with Gasteiger partial charge in [0.05, 0.1) is 0 Å². The second-order valence-corrected chi connectivity index (χ2v) is 9.73. The quantitative estimate of drug-likeness (QED) is 0.0801. The summed E-state index contributed by atoms with van der Waals surface area (Å²) in [6.07, 6.45) is -0.451. The number of nitrogens with one attached hydrogen (secondary N) is 2. The second kappa shape index (κ2) is 12.2. The summed E-state index contributed by atoms with van der Waals surface area (Å²) in [5.74, 6) is -4.81. The number of β-lactam (4-membered cyclic amide) rings is 1. The van der Waals surface area contributed by atoms with Crippen molar-refractivity contribution in [1.82, 2.24) is 15.2 Å². The first-order chi connectivity index (χ1) is 17.6. The average Bonchev–Trinajstić information content (AvgIpc) is 3.30. The fourth-order valence-electron chi connectivity index (χ4n) is 3.31. The van der Waals surface area contributed by atoms with Crippen LogP contribution in [0.3, 0.4) is 0 Å². The van der Waals surface area contributed by atoms with Gasteiger partial charge in [0.1, 0.15) is 54.6 Å². The molecule has 0 bridgehead atoms. The lowest BCUT2D eigenvalue weighted by molar-refractivity contribution is -0.150. The Morgan fingerprint density at radius 2 is 2.05 bits per heavy atom. The van der Waals surface area contributed by atoms with Crippen molar-refractivity contribution >= 4 is 81.0 Å². The number of ether oxygens (including phenoxy) is 1. The monoisotopic (exact) mass is 573 g/mol. The average molecular weight is 574 g/mol. The number of hydrogen-bond donors (Lipinski definition) is 3. The first-order valence-electron chi connectivity index (χ1n) is 10.4. The molecule has 1 unspecified atom stereocenters. The van der Waals surface area contributed by atoms with E-state index in [0.717, 1.165) is 28.0 Å². The molecule has 0 spiro atoms. The maximum atomic E-state index is 12.9. The van der Waals surface area contributed by atoms with Gasteiger partial charge in [-0.2, -0.15) is 0 Å². The van der Waals surface area contributed by atoms with Gasteiger partial charge in [0.2, 0.25) is 5.91 Å². The molecular weight excluding hydrogens is 554 g/mol. The zero-order valence-electron chi connectivity index (χ0n) is 19.3. The molecule has 37 heavy (non-hydrogen) atoms. The highest BCUT2D eigenvalue weighted by Crippen LogP contribution is 2.40. The Morgan fingerprint density at radius 3 is 2.68 bits per heavy atom. The van der Waals surface area contributed by atoms with E-state index in [0.29, 0.717) is 0 Å². The van der Waals surface area contributed by atoms with Gasteiger partial charge < -0.3 is 25.3 Å². The molecular formula is C20H20ClN5O9S2. The predicted octanol–water partition coefficient (Wildman–Crippen LogP) is -0.0682. The van der Waals surface area contributed by atoms with Crippen LogP contribution in [0.1, 0.15) is 19.0 Å². The van der Waals surface area contributed by atoms with E-state index in [-0.39, 0.29) is 39.4 Å². The minimum Gasteiger partial charge on any atom is -0.477 e. The maximum Gasteiger partial charge on any atom is 0.352 e. The van der Waals surface area contributed by atoms with Crippen LogP contribution in [0, 0.1) is 0 Å². The Kier molecular flexibility index (Phi) is 9.23. The van der Waals surface area contributed by atoms with Gasteiger partial charge in [0.25, 0.3) is 11.8 Å². The van der Waals surface area contributed by atoms with Crippen LogP contribution in [-0.4, -0.2) is 92.9 Å². The third-order valence-corrected chi connectivity index (χ3v) is 7.19. The van der Waals surface area contributed by atoms with Crippen molar-refractivity contribution in [3.05, 3.63) is 22.3 Å². The van der Waals surface area contributed by atoms with Crippen molar-refractivity contribution in [2.45, 2.75) is 24.8 Å². The fraction of sp³-hybridized carbons (Fsp3) is 0.400. The Hall–Kier alpha value is -3.50. The molecule has 2 atom stereocenters. The highest BCUT2D eigenvalue weighted by atomic mass is 35.5. The Morgan fingerprint density at radius 1 is 1.32 bits per heavy atom. The molecule has 2 aliphatic heterocycles. The molecule has 3 rings (SSSR count). The molecule has 0 saturated carbocycles. The number of Topliss-reactive ketones (excluding diaryl/α,β-unsaturated/α-hetero) is 1. The summed E-state index contributed by atoms with van der Waals surface area (Å²) >= 11 is 7.63. The number of aliphatic carboxylic acids is 1. The number of nitrogens with zero attached hydrogens (tertiary/aromatic N) is 3. The van der Waals surface area contributed by atoms with E-state index in [9.17, 15) is 33.9 Å². The van der Waals surface area contributed by atoms with E-state index >= 15 is 0 Å². The number of thiazole rings is 1. The van der Waals surface area contributed by atoms with Crippen molar-refractivity contribution in [2.24, 2.45) is 5.16 Å². The van der Waals surface area contributed by atoms with E-state index in [2.05, 4.69) is 20.8 Å². The number of hydrogen-bond acceptors (Lipinski definition) is 12. The Labute approximate surface area is 222 Å². The van der Waals surface area contributed by atoms with Crippen molar-refractivity contribution < 1.29 is 43.4 Å². The minimum absolute atomic E-state index is 0.0648. The summed E-state index contributed by atoms with van der Waals surface area (Å²) in [4.78, 5) is 81.7. The highest BCUT2D eigenvalue weighted by Gasteiger charge is 2.54. The normalized spacial score (nSPS) is 18.9. The number of ketones is 1. The van der Waals surface area contributed by atoms with E-state index in [4.69, 9.17) is 21.2 Å². The van der Waals surface area contributed by atoms with Crippen molar-refractivity contribution in [2.75, 3.05) is 30.7 Å². The third-order valence-electron chi connectivity index (χ3n) is 4.85. The second-order valence-electron chi connectivity index (χ2n) is 7.50. The Bertz CT molecular complexity index is 1210. The van der Waals surface area contributed by atoms with Crippen LogP contribution < -0.4 is 10.6 Å². The number of halogens is 1. The van der Waals surface area contributed by atoms with Gasteiger partial charge in [0, 0.05) is 16.7 Å². The topological polar surface area (TPSA) is 194 Å². The van der Waals surface area contributed by atoms with Gasteiger partial charge in [-0.3, -0.25) is 28.9 Å². The lowest BCUT2D eigenvalue weighted by Crippen LogP contribution is -2.71. The summed E-state index contributed by atoms with van der Waals surface area (Å²) in [6.45, 7) is 0.818. The van der Waals surface area contributed by atoms with Crippen molar-refractivity contribution in [1.29, 1.82) is 0 Å². The summed E-state index contributed by atoms with van der Waals surface area (Å²) in [5.41, 5.74) is -0.376. The maximum absolute atomic E-state index is 12.9. The summed E-state index contributed by atoms with van der Waals surface area (Å²) in [6, 6.07) is -1.08. The highest BCUT2D eigenvalue weighted by molar-refractivity contribution is 8.00. The number of carboxylic acids is 1. The molecule has 198 valence electrons. The molecule has 3 N–H and O–H groups in total. The molecule has 0 radical (unpaired) electrons. The largest absolute Gasteiger partial charge is 0.477 e. The third kappa shape index (κ3) is 6.44. The number of carboxylic acid groups (broad SMARTS) is 1. The number of fused-ring (bicyclic) bond motifs is 1. The lowest BCUT2D eigenvalue weighted by Gasteiger charge is -2.49. The van der Waals surface area contributed by atoms with Crippen LogP contribution >= 0.6 is 34.7 Å². The van der Waals surface area contributed by atoms with Gasteiger partial charge in [-0.15, -0.1) is 34.7 Å². The number of esters is 1. The van der Waals surface area contributed by atoms with E-state index in [1.165, 1.54) is 19.4 Å². The number of aromatic nitrogens is 1. The molecule has 1 aromatic rings. The van der Waals surface area contributed by atoms with Crippen LogP contribution in [0.5, 0.6) is 0 Å². The van der Waals surface area contributed by atoms with Crippen molar-refractivity contribution in [3.8, 4) is 0 Å². The van der Waals surface area contributed by atoms with E-state index in [1.54, 1.807) is 0 Å². The minimum atomic E-state index is -1.41. The summed E-state index contributed by atoms with van der Waals surface area (Å²) in [5, 5.41) is 19.2. The zero-order valence-corrected chi connectivity index (χ0v) is 21.7. The van der Waals surface area contributed by atoms with Gasteiger partial charge in [-0.25, -0.2) is 9.78 Å². The van der Waals surface area contributed by atoms with Gasteiger partial charge in [0.15, 0.2) is 10.8 Å². The van der Waals surface area contributed by atoms with Crippen LogP contribution in [0.25, 0.3) is 0 Å². The van der Waals surface area contributed by atoms with Crippen LogP contribution in [0.4, 0.5) is 5.13 Å². The van der Waals surface area contributed by atoms with E-state index < -0.39 is 59.9 Å². The molecule has 3 heterocycles. The first-order valence-corrected chi connectivity index (χ1v) is 12.8. The fourth-order valence-corrected chi connectivity index (χ4v) is 5.42. The standard InChI is InChI=1S/C20H20ClN5O9S2/c1-8(27)3-12(29)35-5-9-6-36-18-14(17(31)26(18)15(9)19(32)33)24-16(30)13(25-34-2)10-7-37-20(22-10)23-11(28)4-21/h7,14,18H,3-6H2,1-2H3,(H,24,30)(H,32,33)(H,22,23,28)/b25-13-/t14?,18-/m1/s1. The number of carbonyl (C=O) groups excluding carboxylic acids is 5. The lowest BCUT2D eigenvalue weighted by atomic mass is 10.0. The number of thioether (sulfide) groups is 1. The first kappa shape index (κ1) is 28.1. The Balaban J connectivity index is 1.72. The molecule has 1 fully saturated rings. The molecule has 14 nitrogen and oxygen atoms in total. The van der Waals surface area contributed by atoms with Gasteiger partial charge in [-0.05, 0) is 6.92 Å². The molecule has 0 aromatic carbocycles. The molecule has 2 aliphatic rings. The number of amides is 3. The predicted molar refractivity (Wildman–Crippen MR) is 131 cm³/mol.